The standard InChI is InChI=1S/C16H16FN5O2/c17-10-3-5-11(6-4-10)23-9-15-19-16(24-21-15)13-8-14-12(18)2-1-7-22(14)20-13/h3-6,8,12H,1-2,7,9,18H2. The van der Waals surface area contributed by atoms with Crippen LogP contribution in [0, 0.1) is 5.82 Å². The largest absolute Gasteiger partial charge is 0.485 e. The molecule has 4 rings (SSSR count). The lowest BCUT2D eigenvalue weighted by molar-refractivity contribution is 0.286. The van der Waals surface area contributed by atoms with Crippen molar-refractivity contribution in [3.63, 3.8) is 0 Å². The predicted molar refractivity (Wildman–Crippen MR) is 82.4 cm³/mol. The highest BCUT2D eigenvalue weighted by atomic mass is 19.1. The highest BCUT2D eigenvalue weighted by Gasteiger charge is 2.22. The Labute approximate surface area is 137 Å². The van der Waals surface area contributed by atoms with Crippen molar-refractivity contribution >= 4 is 0 Å². The first-order valence-electron chi connectivity index (χ1n) is 7.74. The molecular formula is C16H16FN5O2. The highest BCUT2D eigenvalue weighted by molar-refractivity contribution is 5.47. The number of nitrogens with two attached hydrogens (primary N) is 1. The molecule has 1 aliphatic rings. The number of hydrogen-bond acceptors (Lipinski definition) is 6. The van der Waals surface area contributed by atoms with E-state index in [0.29, 0.717) is 23.2 Å². The molecule has 0 fully saturated rings. The van der Waals surface area contributed by atoms with Crippen molar-refractivity contribution in [1.29, 1.82) is 0 Å². The van der Waals surface area contributed by atoms with Gasteiger partial charge in [-0.1, -0.05) is 5.16 Å². The van der Waals surface area contributed by atoms with E-state index in [1.807, 2.05) is 10.7 Å². The van der Waals surface area contributed by atoms with E-state index < -0.39 is 0 Å². The number of hydrogen-bond donors (Lipinski definition) is 1. The van der Waals surface area contributed by atoms with Crippen LogP contribution in [0.15, 0.2) is 34.9 Å². The Kier molecular flexibility index (Phi) is 3.73. The molecule has 1 atom stereocenters. The number of aryl methyl sites for hydroxylation is 1. The van der Waals surface area contributed by atoms with E-state index in [4.69, 9.17) is 15.0 Å². The van der Waals surface area contributed by atoms with Crippen LogP contribution in [-0.4, -0.2) is 19.9 Å². The minimum atomic E-state index is -0.314. The van der Waals surface area contributed by atoms with Crippen LogP contribution < -0.4 is 10.5 Å². The van der Waals surface area contributed by atoms with Gasteiger partial charge in [0.2, 0.25) is 5.82 Å². The SMILES string of the molecule is NC1CCCn2nc(-c3nc(COc4ccc(F)cc4)no3)cc21. The van der Waals surface area contributed by atoms with Gasteiger partial charge in [0.1, 0.15) is 11.6 Å². The van der Waals surface area contributed by atoms with Crippen LogP contribution in [-0.2, 0) is 13.2 Å². The molecule has 0 spiro atoms. The Morgan fingerprint density at radius 1 is 1.33 bits per heavy atom. The minimum absolute atomic E-state index is 0.01000. The van der Waals surface area contributed by atoms with Gasteiger partial charge in [-0.25, -0.2) is 4.39 Å². The van der Waals surface area contributed by atoms with E-state index in [1.165, 1.54) is 12.1 Å². The minimum Gasteiger partial charge on any atom is -0.485 e. The van der Waals surface area contributed by atoms with E-state index in [1.54, 1.807) is 12.1 Å². The summed E-state index contributed by atoms with van der Waals surface area (Å²) in [5.41, 5.74) is 7.69. The molecule has 3 aromatic rings. The van der Waals surface area contributed by atoms with E-state index in [-0.39, 0.29) is 18.5 Å². The zero-order valence-corrected chi connectivity index (χ0v) is 12.9. The molecule has 0 bridgehead atoms. The molecule has 0 saturated carbocycles. The molecule has 1 unspecified atom stereocenters. The Balaban J connectivity index is 1.47. The molecule has 3 heterocycles. The zero-order valence-electron chi connectivity index (χ0n) is 12.9. The summed E-state index contributed by atoms with van der Waals surface area (Å²) >= 11 is 0. The molecule has 8 heteroatoms. The van der Waals surface area contributed by atoms with Crippen molar-refractivity contribution in [3.8, 4) is 17.3 Å². The molecule has 0 amide bonds. The summed E-state index contributed by atoms with van der Waals surface area (Å²) in [5.74, 6) is 0.948. The summed E-state index contributed by atoms with van der Waals surface area (Å²) < 4.78 is 25.5. The molecule has 124 valence electrons. The van der Waals surface area contributed by atoms with Gasteiger partial charge in [0, 0.05) is 12.6 Å². The second kappa shape index (κ2) is 6.04. The van der Waals surface area contributed by atoms with Gasteiger partial charge in [0.15, 0.2) is 12.3 Å². The molecule has 7 nitrogen and oxygen atoms in total. The number of benzene rings is 1. The third kappa shape index (κ3) is 2.88. The van der Waals surface area contributed by atoms with Crippen molar-refractivity contribution in [2.75, 3.05) is 0 Å². The van der Waals surface area contributed by atoms with Gasteiger partial charge in [-0.3, -0.25) is 4.68 Å². The summed E-state index contributed by atoms with van der Waals surface area (Å²) in [5, 5.41) is 8.36. The highest BCUT2D eigenvalue weighted by Crippen LogP contribution is 2.27. The summed E-state index contributed by atoms with van der Waals surface area (Å²) in [7, 11) is 0. The average Bonchev–Trinajstić information content (AvgIpc) is 3.21. The van der Waals surface area contributed by atoms with Crippen LogP contribution >= 0.6 is 0 Å². The lowest BCUT2D eigenvalue weighted by Gasteiger charge is -2.19. The molecular weight excluding hydrogens is 313 g/mol. The van der Waals surface area contributed by atoms with Gasteiger partial charge in [-0.05, 0) is 43.2 Å². The van der Waals surface area contributed by atoms with Gasteiger partial charge < -0.3 is 15.0 Å². The van der Waals surface area contributed by atoms with Crippen LogP contribution in [0.1, 0.15) is 30.4 Å². The first kappa shape index (κ1) is 14.8. The van der Waals surface area contributed by atoms with Gasteiger partial charge in [-0.15, -0.1) is 0 Å². The summed E-state index contributed by atoms with van der Waals surface area (Å²) in [6.07, 6.45) is 1.96. The van der Waals surface area contributed by atoms with Crippen molar-refractivity contribution in [1.82, 2.24) is 19.9 Å². The topological polar surface area (TPSA) is 92.0 Å². The van der Waals surface area contributed by atoms with Crippen molar-refractivity contribution in [2.45, 2.75) is 32.0 Å². The second-order valence-electron chi connectivity index (χ2n) is 5.68. The first-order chi connectivity index (χ1) is 11.7. The van der Waals surface area contributed by atoms with Crippen molar-refractivity contribution in [3.05, 3.63) is 47.7 Å². The van der Waals surface area contributed by atoms with Crippen molar-refractivity contribution in [2.24, 2.45) is 5.73 Å². The maximum absolute atomic E-state index is 12.9. The lowest BCUT2D eigenvalue weighted by Crippen LogP contribution is -2.21. The Hall–Kier alpha value is -2.74. The van der Waals surface area contributed by atoms with E-state index in [0.717, 1.165) is 25.1 Å². The molecule has 1 aromatic carbocycles. The summed E-state index contributed by atoms with van der Waals surface area (Å²) in [6.45, 7) is 0.972. The number of rotatable bonds is 4. The summed E-state index contributed by atoms with van der Waals surface area (Å²) in [4.78, 5) is 4.29. The summed E-state index contributed by atoms with van der Waals surface area (Å²) in [6, 6.07) is 7.62. The fourth-order valence-electron chi connectivity index (χ4n) is 2.72. The Morgan fingerprint density at radius 2 is 2.17 bits per heavy atom. The normalized spacial score (nSPS) is 16.8. The monoisotopic (exact) mass is 329 g/mol. The number of fused-ring (bicyclic) bond motifs is 1. The molecule has 24 heavy (non-hydrogen) atoms. The van der Waals surface area contributed by atoms with Crippen LogP contribution in [0.4, 0.5) is 4.39 Å². The predicted octanol–water partition coefficient (Wildman–Crippen LogP) is 2.44. The van der Waals surface area contributed by atoms with Gasteiger partial charge in [0.05, 0.1) is 5.69 Å². The third-order valence-corrected chi connectivity index (χ3v) is 3.94. The molecule has 0 aliphatic carbocycles. The fourth-order valence-corrected chi connectivity index (χ4v) is 2.72. The van der Waals surface area contributed by atoms with Crippen LogP contribution in [0.2, 0.25) is 0 Å². The fraction of sp³-hybridized carbons (Fsp3) is 0.312. The van der Waals surface area contributed by atoms with Crippen LogP contribution in [0.25, 0.3) is 11.6 Å². The molecule has 1 aliphatic heterocycles. The number of halogens is 1. The van der Waals surface area contributed by atoms with Gasteiger partial charge in [0.25, 0.3) is 5.89 Å². The number of nitrogens with zero attached hydrogens (tertiary/aromatic N) is 4. The molecule has 0 radical (unpaired) electrons. The zero-order chi connectivity index (χ0) is 16.5. The van der Waals surface area contributed by atoms with Gasteiger partial charge in [-0.2, -0.15) is 10.1 Å². The number of ether oxygens (including phenoxy) is 1. The smallest absolute Gasteiger partial charge is 0.278 e. The quantitative estimate of drug-likeness (QED) is 0.790. The van der Waals surface area contributed by atoms with E-state index in [2.05, 4.69) is 15.2 Å². The third-order valence-electron chi connectivity index (χ3n) is 3.94. The second-order valence-corrected chi connectivity index (χ2v) is 5.68. The van der Waals surface area contributed by atoms with E-state index in [9.17, 15) is 4.39 Å². The maximum Gasteiger partial charge on any atom is 0.278 e. The maximum atomic E-state index is 12.9. The van der Waals surface area contributed by atoms with E-state index >= 15 is 0 Å². The number of aromatic nitrogens is 4. The Bertz CT molecular complexity index is 843. The van der Waals surface area contributed by atoms with Gasteiger partial charge >= 0.3 is 0 Å². The average molecular weight is 329 g/mol. The van der Waals surface area contributed by atoms with Crippen molar-refractivity contribution < 1.29 is 13.7 Å². The molecule has 2 N–H and O–H groups in total. The first-order valence-corrected chi connectivity index (χ1v) is 7.74. The lowest BCUT2D eigenvalue weighted by atomic mass is 10.1. The van der Waals surface area contributed by atoms with Crippen LogP contribution in [0.3, 0.4) is 0 Å². The molecule has 0 saturated heterocycles. The van der Waals surface area contributed by atoms with Crippen LogP contribution in [0.5, 0.6) is 5.75 Å². The molecule has 2 aromatic heterocycles. The Morgan fingerprint density at radius 3 is 2.96 bits per heavy atom.